The van der Waals surface area contributed by atoms with Crippen molar-refractivity contribution in [2.45, 2.75) is 38.3 Å². The van der Waals surface area contributed by atoms with Crippen molar-refractivity contribution in [1.29, 1.82) is 0 Å². The van der Waals surface area contributed by atoms with E-state index in [0.717, 1.165) is 11.8 Å². The average Bonchev–Trinajstić information content (AvgIpc) is 2.91. The Bertz CT molecular complexity index is 1340. The third-order valence-electron chi connectivity index (χ3n) is 7.13. The lowest BCUT2D eigenvalue weighted by Crippen LogP contribution is -2.53. The van der Waals surface area contributed by atoms with Crippen LogP contribution in [0, 0.1) is 0 Å². The van der Waals surface area contributed by atoms with E-state index in [1.54, 1.807) is 24.1 Å². The van der Waals surface area contributed by atoms with Gasteiger partial charge in [-0.15, -0.1) is 0 Å². The maximum absolute atomic E-state index is 14.0. The molecule has 3 aromatic heterocycles. The van der Waals surface area contributed by atoms with Gasteiger partial charge in [-0.25, -0.2) is 9.97 Å². The van der Waals surface area contributed by atoms with E-state index in [1.807, 2.05) is 25.1 Å². The number of piperidine rings is 1. The summed E-state index contributed by atoms with van der Waals surface area (Å²) in [6.45, 7) is 5.15. The lowest BCUT2D eigenvalue weighted by Gasteiger charge is -2.45. The molecule has 5 rings (SSSR count). The number of nitrogens with one attached hydrogen (secondary N) is 1. The average molecular weight is 528 g/mol. The van der Waals surface area contributed by atoms with E-state index in [-0.39, 0.29) is 24.0 Å². The van der Waals surface area contributed by atoms with Crippen LogP contribution in [0.2, 0.25) is 0 Å². The summed E-state index contributed by atoms with van der Waals surface area (Å²) >= 11 is 0. The molecule has 11 heteroatoms. The zero-order valence-electron chi connectivity index (χ0n) is 21.1. The van der Waals surface area contributed by atoms with Gasteiger partial charge in [-0.05, 0) is 50.5 Å². The molecule has 0 bridgehead atoms. The minimum atomic E-state index is -4.59. The van der Waals surface area contributed by atoms with E-state index in [1.165, 1.54) is 6.20 Å². The molecular weight excluding hydrogens is 499 g/mol. The zero-order valence-corrected chi connectivity index (χ0v) is 21.1. The van der Waals surface area contributed by atoms with Crippen molar-refractivity contribution in [1.82, 2.24) is 20.3 Å². The summed E-state index contributed by atoms with van der Waals surface area (Å²) in [6, 6.07) is 7.38. The van der Waals surface area contributed by atoms with Gasteiger partial charge in [0, 0.05) is 31.2 Å². The Morgan fingerprint density at radius 3 is 2.55 bits per heavy atom. The van der Waals surface area contributed by atoms with Gasteiger partial charge in [-0.2, -0.15) is 13.2 Å². The summed E-state index contributed by atoms with van der Waals surface area (Å²) in [7, 11) is 0. The van der Waals surface area contributed by atoms with Crippen LogP contribution in [0.15, 0.2) is 42.9 Å². The van der Waals surface area contributed by atoms with Crippen LogP contribution >= 0.6 is 0 Å². The molecule has 2 aliphatic rings. The molecule has 0 aliphatic carbocycles. The highest BCUT2D eigenvalue weighted by Gasteiger charge is 2.45. The highest BCUT2D eigenvalue weighted by atomic mass is 19.4. The molecule has 0 saturated carbocycles. The fourth-order valence-corrected chi connectivity index (χ4v) is 5.32. The van der Waals surface area contributed by atoms with Crippen LogP contribution in [-0.2, 0) is 11.6 Å². The van der Waals surface area contributed by atoms with Crippen LogP contribution in [-0.4, -0.2) is 53.7 Å². The van der Waals surface area contributed by atoms with Gasteiger partial charge in [0.1, 0.15) is 11.3 Å². The van der Waals surface area contributed by atoms with Gasteiger partial charge < -0.3 is 19.7 Å². The number of rotatable bonds is 6. The Kier molecular flexibility index (Phi) is 6.85. The first-order valence-electron chi connectivity index (χ1n) is 12.6. The topological polar surface area (TPSA) is 89.5 Å². The van der Waals surface area contributed by atoms with E-state index in [2.05, 4.69) is 15.3 Å². The highest BCUT2D eigenvalue weighted by molar-refractivity contribution is 5.96. The van der Waals surface area contributed by atoms with Crippen LogP contribution < -0.4 is 19.7 Å². The van der Waals surface area contributed by atoms with Gasteiger partial charge in [0.2, 0.25) is 5.88 Å². The van der Waals surface area contributed by atoms with Gasteiger partial charge in [0.25, 0.3) is 5.91 Å². The first-order valence-corrected chi connectivity index (χ1v) is 12.6. The smallest absolute Gasteiger partial charge is 0.422 e. The van der Waals surface area contributed by atoms with Crippen molar-refractivity contribution in [3.05, 3.63) is 59.7 Å². The molecule has 1 saturated heterocycles. The van der Waals surface area contributed by atoms with Crippen LogP contribution in [0.3, 0.4) is 0 Å². The molecule has 0 radical (unpaired) electrons. The molecule has 0 atom stereocenters. The number of alkyl halides is 3. The summed E-state index contributed by atoms with van der Waals surface area (Å²) in [6.07, 6.45) is 0.472. The summed E-state index contributed by atoms with van der Waals surface area (Å²) in [5.41, 5.74) is 1.14. The molecule has 2 aliphatic heterocycles. The van der Waals surface area contributed by atoms with Crippen molar-refractivity contribution in [3.63, 3.8) is 0 Å². The van der Waals surface area contributed by atoms with Crippen molar-refractivity contribution < 1.29 is 27.4 Å². The predicted molar refractivity (Wildman–Crippen MR) is 135 cm³/mol. The van der Waals surface area contributed by atoms with E-state index in [9.17, 15) is 18.0 Å². The molecule has 8 nitrogen and oxygen atoms in total. The number of fused-ring (bicyclic) bond motifs is 2. The third-order valence-corrected chi connectivity index (χ3v) is 7.13. The second-order valence-electron chi connectivity index (χ2n) is 9.29. The fraction of sp³-hybridized carbons (Fsp3) is 0.407. The first-order chi connectivity index (χ1) is 18.3. The lowest BCUT2D eigenvalue weighted by molar-refractivity contribution is -0.138. The zero-order chi connectivity index (χ0) is 26.9. The summed E-state index contributed by atoms with van der Waals surface area (Å²) in [4.78, 5) is 27.5. The van der Waals surface area contributed by atoms with Crippen molar-refractivity contribution >= 4 is 11.6 Å². The van der Waals surface area contributed by atoms with E-state index in [0.29, 0.717) is 61.9 Å². The number of nitrogens with zero attached hydrogens (tertiary/aromatic N) is 4. The number of hydrogen-bond donors (Lipinski definition) is 1. The SMILES string of the molecule is CCOc1cncc(N2CCC3(CC2)CNC(=O)c2nc(-c4cccnc4OCC)ccc23)c1C(F)(F)F. The Hall–Kier alpha value is -3.89. The Labute approximate surface area is 218 Å². The third kappa shape index (κ3) is 4.61. The van der Waals surface area contributed by atoms with Gasteiger partial charge in [-0.3, -0.25) is 9.78 Å². The number of pyridine rings is 3. The molecule has 3 aromatic rings. The van der Waals surface area contributed by atoms with Crippen molar-refractivity contribution in [2.24, 2.45) is 0 Å². The van der Waals surface area contributed by atoms with E-state index in [4.69, 9.17) is 14.5 Å². The molecule has 200 valence electrons. The molecule has 1 N–H and O–H groups in total. The fourth-order valence-electron chi connectivity index (χ4n) is 5.32. The Morgan fingerprint density at radius 1 is 1.08 bits per heavy atom. The first kappa shape index (κ1) is 25.7. The normalized spacial score (nSPS) is 16.7. The molecule has 1 spiro atoms. The molecular formula is C27H28F3N5O3. The number of halogens is 3. The number of ether oxygens (including phenoxy) is 2. The van der Waals surface area contributed by atoms with Crippen molar-refractivity contribution in [2.75, 3.05) is 37.7 Å². The number of carbonyl (C=O) groups excluding carboxylic acids is 1. The van der Waals surface area contributed by atoms with Gasteiger partial charge in [0.05, 0.1) is 42.6 Å². The second kappa shape index (κ2) is 10.1. The summed E-state index contributed by atoms with van der Waals surface area (Å²) in [5, 5.41) is 2.95. The van der Waals surface area contributed by atoms with Crippen LogP contribution in [0.5, 0.6) is 11.6 Å². The number of carbonyl (C=O) groups is 1. The van der Waals surface area contributed by atoms with Gasteiger partial charge in [0.15, 0.2) is 5.75 Å². The van der Waals surface area contributed by atoms with E-state index < -0.39 is 17.2 Å². The maximum atomic E-state index is 14.0. The van der Waals surface area contributed by atoms with Crippen molar-refractivity contribution in [3.8, 4) is 22.9 Å². The Balaban J connectivity index is 1.45. The number of aromatic nitrogens is 3. The number of amides is 1. The van der Waals surface area contributed by atoms with Crippen LogP contribution in [0.1, 0.15) is 48.3 Å². The second-order valence-corrected chi connectivity index (χ2v) is 9.29. The van der Waals surface area contributed by atoms with Gasteiger partial charge in [-0.1, -0.05) is 6.07 Å². The minimum Gasteiger partial charge on any atom is -0.492 e. The quantitative estimate of drug-likeness (QED) is 0.500. The highest BCUT2D eigenvalue weighted by Crippen LogP contribution is 2.45. The molecule has 0 aromatic carbocycles. The maximum Gasteiger partial charge on any atom is 0.422 e. The molecule has 1 amide bonds. The minimum absolute atomic E-state index is 0.00636. The summed E-state index contributed by atoms with van der Waals surface area (Å²) < 4.78 is 53.0. The molecule has 0 unspecified atom stereocenters. The number of anilines is 1. The van der Waals surface area contributed by atoms with Gasteiger partial charge >= 0.3 is 6.18 Å². The monoisotopic (exact) mass is 527 g/mol. The molecule has 38 heavy (non-hydrogen) atoms. The summed E-state index contributed by atoms with van der Waals surface area (Å²) in [5.74, 6) is -0.110. The number of hydrogen-bond acceptors (Lipinski definition) is 7. The Morgan fingerprint density at radius 2 is 1.84 bits per heavy atom. The van der Waals surface area contributed by atoms with E-state index >= 15 is 0 Å². The lowest BCUT2D eigenvalue weighted by atomic mass is 9.70. The largest absolute Gasteiger partial charge is 0.492 e. The van der Waals surface area contributed by atoms with Crippen LogP contribution in [0.25, 0.3) is 11.3 Å². The molecule has 5 heterocycles. The van der Waals surface area contributed by atoms with Crippen LogP contribution in [0.4, 0.5) is 18.9 Å². The predicted octanol–water partition coefficient (Wildman–Crippen LogP) is 4.64. The standard InChI is InChI=1S/C27H28F3N5O3/c1-3-37-21-15-31-14-20(22(21)27(28,29)30)35-12-9-26(10-13-35)16-33-24(36)23-18(26)7-8-19(34-23)17-6-5-11-32-25(17)38-4-2/h5-8,11,14-15H,3-4,9-10,12-13,16H2,1-2H3,(H,33,36). The molecule has 1 fully saturated rings.